The monoisotopic (exact) mass is 291 g/mol. The molecule has 1 N–H and O–H groups in total. The second kappa shape index (κ2) is 7.93. The molecule has 1 aromatic carbocycles. The molecule has 0 fully saturated rings. The minimum atomic E-state index is 0.639. The Kier molecular flexibility index (Phi) is 5.93. The molecule has 0 bridgehead atoms. The molecule has 4 nitrogen and oxygen atoms in total. The SMILES string of the molecule is COc1cc(CNCCC2=CCCC2)cc(OC)c1OC. The van der Waals surface area contributed by atoms with Gasteiger partial charge in [-0.3, -0.25) is 0 Å². The molecule has 1 aromatic rings. The number of hydrogen-bond donors (Lipinski definition) is 1. The highest BCUT2D eigenvalue weighted by Gasteiger charge is 2.13. The van der Waals surface area contributed by atoms with Crippen LogP contribution in [0.3, 0.4) is 0 Å². The molecule has 4 heteroatoms. The summed E-state index contributed by atoms with van der Waals surface area (Å²) in [4.78, 5) is 0. The summed E-state index contributed by atoms with van der Waals surface area (Å²) >= 11 is 0. The van der Waals surface area contributed by atoms with Crippen LogP contribution < -0.4 is 19.5 Å². The number of hydrogen-bond acceptors (Lipinski definition) is 4. The zero-order chi connectivity index (χ0) is 15.1. The van der Waals surface area contributed by atoms with Crippen molar-refractivity contribution < 1.29 is 14.2 Å². The third-order valence-corrected chi connectivity index (χ3v) is 3.81. The van der Waals surface area contributed by atoms with E-state index in [1.54, 1.807) is 26.9 Å². The van der Waals surface area contributed by atoms with Crippen molar-refractivity contribution in [3.63, 3.8) is 0 Å². The Labute approximate surface area is 127 Å². The van der Waals surface area contributed by atoms with Gasteiger partial charge in [-0.05, 0) is 49.9 Å². The molecule has 0 saturated heterocycles. The van der Waals surface area contributed by atoms with Gasteiger partial charge >= 0.3 is 0 Å². The molecule has 0 atom stereocenters. The van der Waals surface area contributed by atoms with Crippen LogP contribution in [0.25, 0.3) is 0 Å². The summed E-state index contributed by atoms with van der Waals surface area (Å²) in [5.41, 5.74) is 2.72. The van der Waals surface area contributed by atoms with Crippen LogP contribution in [0.2, 0.25) is 0 Å². The lowest BCUT2D eigenvalue weighted by Gasteiger charge is -2.14. The van der Waals surface area contributed by atoms with Crippen molar-refractivity contribution in [2.45, 2.75) is 32.2 Å². The molecule has 0 radical (unpaired) electrons. The molecule has 0 saturated carbocycles. The van der Waals surface area contributed by atoms with Crippen LogP contribution in [-0.4, -0.2) is 27.9 Å². The van der Waals surface area contributed by atoms with E-state index in [1.807, 2.05) is 12.1 Å². The van der Waals surface area contributed by atoms with Gasteiger partial charge in [-0.25, -0.2) is 0 Å². The van der Waals surface area contributed by atoms with Gasteiger partial charge < -0.3 is 19.5 Å². The van der Waals surface area contributed by atoms with Crippen LogP contribution in [0.15, 0.2) is 23.8 Å². The molecule has 0 aromatic heterocycles. The lowest BCUT2D eigenvalue weighted by atomic mass is 10.1. The van der Waals surface area contributed by atoms with Crippen LogP contribution >= 0.6 is 0 Å². The summed E-state index contributed by atoms with van der Waals surface area (Å²) in [6.07, 6.45) is 7.36. The van der Waals surface area contributed by atoms with E-state index < -0.39 is 0 Å². The number of nitrogens with one attached hydrogen (secondary N) is 1. The third kappa shape index (κ3) is 4.14. The Morgan fingerprint density at radius 1 is 1.05 bits per heavy atom. The summed E-state index contributed by atoms with van der Waals surface area (Å²) in [7, 11) is 4.90. The Balaban J connectivity index is 1.92. The van der Waals surface area contributed by atoms with E-state index in [2.05, 4.69) is 11.4 Å². The molecule has 0 unspecified atom stereocenters. The molecule has 0 spiro atoms. The first-order valence-corrected chi connectivity index (χ1v) is 7.46. The van der Waals surface area contributed by atoms with Gasteiger partial charge in [0.1, 0.15) is 0 Å². The Morgan fingerprint density at radius 3 is 2.29 bits per heavy atom. The van der Waals surface area contributed by atoms with E-state index in [9.17, 15) is 0 Å². The predicted octanol–water partition coefficient (Wildman–Crippen LogP) is 3.30. The number of ether oxygens (including phenoxy) is 3. The zero-order valence-corrected chi connectivity index (χ0v) is 13.2. The normalized spacial score (nSPS) is 14.0. The molecular formula is C17H25NO3. The summed E-state index contributed by atoms with van der Waals surface area (Å²) < 4.78 is 16.1. The third-order valence-electron chi connectivity index (χ3n) is 3.81. The Morgan fingerprint density at radius 2 is 1.76 bits per heavy atom. The van der Waals surface area contributed by atoms with Crippen molar-refractivity contribution in [3.8, 4) is 17.2 Å². The maximum atomic E-state index is 5.37. The van der Waals surface area contributed by atoms with Gasteiger partial charge in [0.25, 0.3) is 0 Å². The fourth-order valence-electron chi connectivity index (χ4n) is 2.68. The number of benzene rings is 1. The van der Waals surface area contributed by atoms with E-state index in [0.29, 0.717) is 17.2 Å². The molecule has 1 aliphatic carbocycles. The summed E-state index contributed by atoms with van der Waals surface area (Å²) in [6, 6.07) is 3.98. The first-order chi connectivity index (χ1) is 10.3. The molecule has 21 heavy (non-hydrogen) atoms. The van der Waals surface area contributed by atoms with Crippen molar-refractivity contribution in [2.75, 3.05) is 27.9 Å². The number of rotatable bonds is 8. The van der Waals surface area contributed by atoms with Crippen molar-refractivity contribution in [1.29, 1.82) is 0 Å². The van der Waals surface area contributed by atoms with Gasteiger partial charge in [0, 0.05) is 6.54 Å². The van der Waals surface area contributed by atoms with Gasteiger partial charge in [0.2, 0.25) is 5.75 Å². The topological polar surface area (TPSA) is 39.7 Å². The van der Waals surface area contributed by atoms with Crippen LogP contribution in [0.4, 0.5) is 0 Å². The quantitative estimate of drug-likeness (QED) is 0.589. The van der Waals surface area contributed by atoms with Crippen LogP contribution in [0, 0.1) is 0 Å². The van der Waals surface area contributed by atoms with Gasteiger partial charge in [-0.15, -0.1) is 0 Å². The second-order valence-electron chi connectivity index (χ2n) is 5.21. The van der Waals surface area contributed by atoms with Gasteiger partial charge in [0.15, 0.2) is 11.5 Å². The van der Waals surface area contributed by atoms with E-state index in [1.165, 1.54) is 19.3 Å². The molecule has 1 aliphatic rings. The van der Waals surface area contributed by atoms with Gasteiger partial charge in [-0.2, -0.15) is 0 Å². The molecular weight excluding hydrogens is 266 g/mol. The van der Waals surface area contributed by atoms with Crippen molar-refractivity contribution in [1.82, 2.24) is 5.32 Å². The molecule has 116 valence electrons. The largest absolute Gasteiger partial charge is 0.493 e. The molecule has 0 heterocycles. The molecule has 0 amide bonds. The van der Waals surface area contributed by atoms with Crippen LogP contribution in [0.1, 0.15) is 31.2 Å². The number of allylic oxidation sites excluding steroid dienone is 1. The maximum Gasteiger partial charge on any atom is 0.203 e. The fourth-order valence-corrected chi connectivity index (χ4v) is 2.68. The van der Waals surface area contributed by atoms with Crippen molar-refractivity contribution in [3.05, 3.63) is 29.3 Å². The van der Waals surface area contributed by atoms with Crippen LogP contribution in [0.5, 0.6) is 17.2 Å². The highest BCUT2D eigenvalue weighted by molar-refractivity contribution is 5.53. The lowest BCUT2D eigenvalue weighted by molar-refractivity contribution is 0.323. The first-order valence-electron chi connectivity index (χ1n) is 7.46. The van der Waals surface area contributed by atoms with Crippen LogP contribution in [-0.2, 0) is 6.54 Å². The predicted molar refractivity (Wildman–Crippen MR) is 84.4 cm³/mol. The van der Waals surface area contributed by atoms with E-state index in [-0.39, 0.29) is 0 Å². The van der Waals surface area contributed by atoms with Gasteiger partial charge in [0.05, 0.1) is 21.3 Å². The summed E-state index contributed by atoms with van der Waals surface area (Å²) in [5.74, 6) is 2.04. The van der Waals surface area contributed by atoms with Crippen molar-refractivity contribution >= 4 is 0 Å². The Bertz CT molecular complexity index is 472. The smallest absolute Gasteiger partial charge is 0.203 e. The average Bonchev–Trinajstić information content (AvgIpc) is 3.03. The Hall–Kier alpha value is -1.68. The molecule has 0 aliphatic heterocycles. The fraction of sp³-hybridized carbons (Fsp3) is 0.529. The first kappa shape index (κ1) is 15.7. The standard InChI is InChI=1S/C17H25NO3/c1-19-15-10-14(11-16(20-2)17(15)21-3)12-18-9-8-13-6-4-5-7-13/h6,10-11,18H,4-5,7-9,12H2,1-3H3. The van der Waals surface area contributed by atoms with E-state index in [0.717, 1.165) is 25.1 Å². The van der Waals surface area contributed by atoms with E-state index >= 15 is 0 Å². The highest BCUT2D eigenvalue weighted by Crippen LogP contribution is 2.38. The van der Waals surface area contributed by atoms with Gasteiger partial charge in [-0.1, -0.05) is 11.6 Å². The number of methoxy groups -OCH3 is 3. The minimum Gasteiger partial charge on any atom is -0.493 e. The maximum absolute atomic E-state index is 5.37. The average molecular weight is 291 g/mol. The second-order valence-corrected chi connectivity index (χ2v) is 5.21. The lowest BCUT2D eigenvalue weighted by Crippen LogP contribution is -2.15. The zero-order valence-electron chi connectivity index (χ0n) is 13.2. The summed E-state index contributed by atoms with van der Waals surface area (Å²) in [6.45, 7) is 1.80. The van der Waals surface area contributed by atoms with E-state index in [4.69, 9.17) is 14.2 Å². The highest BCUT2D eigenvalue weighted by atomic mass is 16.5. The minimum absolute atomic E-state index is 0.639. The van der Waals surface area contributed by atoms with Crippen molar-refractivity contribution in [2.24, 2.45) is 0 Å². The summed E-state index contributed by atoms with van der Waals surface area (Å²) in [5, 5.41) is 3.48. The molecule has 2 rings (SSSR count).